The van der Waals surface area contributed by atoms with Gasteiger partial charge in [0, 0.05) is 18.0 Å². The van der Waals surface area contributed by atoms with Crippen molar-refractivity contribution in [3.63, 3.8) is 0 Å². The number of hydrogen-bond acceptors (Lipinski definition) is 4. The third-order valence-electron chi connectivity index (χ3n) is 5.23. The van der Waals surface area contributed by atoms with Crippen molar-refractivity contribution >= 4 is 29.2 Å². The van der Waals surface area contributed by atoms with E-state index in [1.807, 2.05) is 82.3 Å². The molecule has 0 aliphatic carbocycles. The van der Waals surface area contributed by atoms with E-state index >= 15 is 0 Å². The molecule has 0 aliphatic rings. The summed E-state index contributed by atoms with van der Waals surface area (Å²) in [4.78, 5) is 27.0. The van der Waals surface area contributed by atoms with Crippen LogP contribution < -0.4 is 5.32 Å². The van der Waals surface area contributed by atoms with Crippen LogP contribution in [-0.2, 0) is 26.3 Å². The molecule has 34 heavy (non-hydrogen) atoms. The van der Waals surface area contributed by atoms with Gasteiger partial charge < -0.3 is 15.0 Å². The number of aromatic nitrogens is 2. The van der Waals surface area contributed by atoms with Gasteiger partial charge in [0.15, 0.2) is 0 Å². The Morgan fingerprint density at radius 1 is 1.09 bits per heavy atom. The van der Waals surface area contributed by atoms with Crippen molar-refractivity contribution in [1.82, 2.24) is 14.7 Å². The maximum Gasteiger partial charge on any atom is 0.249 e. The van der Waals surface area contributed by atoms with Crippen LogP contribution in [0.4, 0.5) is 5.82 Å². The van der Waals surface area contributed by atoms with Crippen molar-refractivity contribution in [2.45, 2.75) is 39.7 Å². The second-order valence-electron chi connectivity index (χ2n) is 8.96. The number of amides is 2. The SMILES string of the molecule is CCN(CC(=O)Nc1cc(C(C)(C)C)nn1-c1ccccc1Cl)C(=O)COCc1ccccc1. The van der Waals surface area contributed by atoms with E-state index in [0.29, 0.717) is 29.7 Å². The molecule has 0 saturated heterocycles. The van der Waals surface area contributed by atoms with Crippen LogP contribution in [0.5, 0.6) is 0 Å². The first-order valence-corrected chi connectivity index (χ1v) is 11.6. The number of likely N-dealkylation sites (N-methyl/N-ethyl adjacent to an activating group) is 1. The second-order valence-corrected chi connectivity index (χ2v) is 9.37. The van der Waals surface area contributed by atoms with E-state index in [2.05, 4.69) is 10.4 Å². The van der Waals surface area contributed by atoms with Gasteiger partial charge in [0.1, 0.15) is 12.4 Å². The van der Waals surface area contributed by atoms with E-state index in [-0.39, 0.29) is 30.4 Å². The fourth-order valence-electron chi connectivity index (χ4n) is 3.30. The van der Waals surface area contributed by atoms with E-state index in [9.17, 15) is 9.59 Å². The number of rotatable bonds is 9. The minimum atomic E-state index is -0.327. The third-order valence-corrected chi connectivity index (χ3v) is 5.55. The lowest BCUT2D eigenvalue weighted by Crippen LogP contribution is -2.40. The zero-order valence-electron chi connectivity index (χ0n) is 20.0. The van der Waals surface area contributed by atoms with Crippen LogP contribution in [0.1, 0.15) is 39.0 Å². The zero-order valence-corrected chi connectivity index (χ0v) is 20.8. The highest BCUT2D eigenvalue weighted by Crippen LogP contribution is 2.29. The minimum absolute atomic E-state index is 0.0947. The molecule has 7 nitrogen and oxygen atoms in total. The lowest BCUT2D eigenvalue weighted by Gasteiger charge is -2.20. The van der Waals surface area contributed by atoms with E-state index in [0.717, 1.165) is 11.3 Å². The summed E-state index contributed by atoms with van der Waals surface area (Å²) in [6.07, 6.45) is 0. The summed E-state index contributed by atoms with van der Waals surface area (Å²) in [5, 5.41) is 8.10. The number of para-hydroxylation sites is 1. The number of nitrogens with zero attached hydrogens (tertiary/aromatic N) is 3. The number of hydrogen-bond donors (Lipinski definition) is 1. The highest BCUT2D eigenvalue weighted by atomic mass is 35.5. The molecule has 0 spiro atoms. The fraction of sp³-hybridized carbons (Fsp3) is 0.346. The van der Waals surface area contributed by atoms with E-state index in [4.69, 9.17) is 16.3 Å². The number of ether oxygens (including phenoxy) is 1. The molecule has 0 bridgehead atoms. The Morgan fingerprint density at radius 2 is 1.76 bits per heavy atom. The molecule has 3 aromatic rings. The molecule has 0 fully saturated rings. The normalized spacial score (nSPS) is 11.3. The largest absolute Gasteiger partial charge is 0.367 e. The molecule has 0 unspecified atom stereocenters. The molecule has 0 atom stereocenters. The predicted molar refractivity (Wildman–Crippen MR) is 134 cm³/mol. The van der Waals surface area contributed by atoms with Crippen molar-refractivity contribution in [3.8, 4) is 5.69 Å². The van der Waals surface area contributed by atoms with E-state index in [1.165, 1.54) is 4.90 Å². The number of halogens is 1. The summed E-state index contributed by atoms with van der Waals surface area (Å²) in [5.41, 5.74) is 2.22. The molecular formula is C26H31ClN4O3. The van der Waals surface area contributed by atoms with Crippen molar-refractivity contribution in [2.24, 2.45) is 0 Å². The number of anilines is 1. The average Bonchev–Trinajstić information content (AvgIpc) is 3.22. The third kappa shape index (κ3) is 6.68. The quantitative estimate of drug-likeness (QED) is 0.474. The molecule has 8 heteroatoms. The van der Waals surface area contributed by atoms with Gasteiger partial charge in [0.05, 0.1) is 29.6 Å². The van der Waals surface area contributed by atoms with Gasteiger partial charge in [-0.05, 0) is 24.6 Å². The minimum Gasteiger partial charge on any atom is -0.367 e. The predicted octanol–water partition coefficient (Wildman–Crippen LogP) is 4.83. The molecule has 0 radical (unpaired) electrons. The van der Waals surface area contributed by atoms with Crippen molar-refractivity contribution in [1.29, 1.82) is 0 Å². The Kier molecular flexibility index (Phi) is 8.47. The number of carbonyl (C=O) groups excluding carboxylic acids is 2. The van der Waals surface area contributed by atoms with Crippen LogP contribution in [0.25, 0.3) is 5.69 Å². The molecule has 1 N–H and O–H groups in total. The highest BCUT2D eigenvalue weighted by molar-refractivity contribution is 6.32. The molecule has 2 amide bonds. The fourth-order valence-corrected chi connectivity index (χ4v) is 3.51. The van der Waals surface area contributed by atoms with Crippen LogP contribution in [0.15, 0.2) is 60.7 Å². The molecule has 1 aromatic heterocycles. The lowest BCUT2D eigenvalue weighted by molar-refractivity contribution is -0.139. The van der Waals surface area contributed by atoms with Crippen LogP contribution in [0.2, 0.25) is 5.02 Å². The van der Waals surface area contributed by atoms with Gasteiger partial charge in [-0.3, -0.25) is 9.59 Å². The molecule has 3 rings (SSSR count). The Bertz CT molecular complexity index is 1120. The first-order valence-electron chi connectivity index (χ1n) is 11.2. The summed E-state index contributed by atoms with van der Waals surface area (Å²) < 4.78 is 7.17. The lowest BCUT2D eigenvalue weighted by atomic mass is 9.92. The second kappa shape index (κ2) is 11.3. The summed E-state index contributed by atoms with van der Waals surface area (Å²) in [7, 11) is 0. The van der Waals surface area contributed by atoms with Gasteiger partial charge in [-0.1, -0.05) is 74.8 Å². The monoisotopic (exact) mass is 482 g/mol. The first kappa shape index (κ1) is 25.5. The molecule has 0 saturated carbocycles. The van der Waals surface area contributed by atoms with Gasteiger partial charge >= 0.3 is 0 Å². The smallest absolute Gasteiger partial charge is 0.249 e. The van der Waals surface area contributed by atoms with E-state index in [1.54, 1.807) is 10.7 Å². The van der Waals surface area contributed by atoms with Crippen molar-refractivity contribution < 1.29 is 14.3 Å². The molecule has 180 valence electrons. The summed E-state index contributed by atoms with van der Waals surface area (Å²) in [6.45, 7) is 8.50. The number of benzene rings is 2. The summed E-state index contributed by atoms with van der Waals surface area (Å²) >= 11 is 6.39. The first-order chi connectivity index (χ1) is 16.2. The Hall–Kier alpha value is -3.16. The zero-order chi connectivity index (χ0) is 24.7. The Balaban J connectivity index is 1.68. The van der Waals surface area contributed by atoms with Gasteiger partial charge in [-0.25, -0.2) is 4.68 Å². The van der Waals surface area contributed by atoms with Gasteiger partial charge in [-0.2, -0.15) is 5.10 Å². The van der Waals surface area contributed by atoms with Crippen molar-refractivity contribution in [2.75, 3.05) is 25.0 Å². The van der Waals surface area contributed by atoms with Crippen LogP contribution in [0, 0.1) is 0 Å². The van der Waals surface area contributed by atoms with Gasteiger partial charge in [-0.15, -0.1) is 0 Å². The summed E-state index contributed by atoms with van der Waals surface area (Å²) in [6, 6.07) is 18.8. The van der Waals surface area contributed by atoms with Crippen LogP contribution in [-0.4, -0.2) is 46.2 Å². The molecule has 1 heterocycles. The van der Waals surface area contributed by atoms with Gasteiger partial charge in [0.25, 0.3) is 0 Å². The molecule has 2 aromatic carbocycles. The van der Waals surface area contributed by atoms with Gasteiger partial charge in [0.2, 0.25) is 11.8 Å². The van der Waals surface area contributed by atoms with Crippen LogP contribution >= 0.6 is 11.6 Å². The molecule has 0 aliphatic heterocycles. The Morgan fingerprint density at radius 3 is 2.41 bits per heavy atom. The summed E-state index contributed by atoms with van der Waals surface area (Å²) in [5.74, 6) is -0.0812. The highest BCUT2D eigenvalue weighted by Gasteiger charge is 2.23. The van der Waals surface area contributed by atoms with Crippen molar-refractivity contribution in [3.05, 3.63) is 76.9 Å². The Labute approximate surface area is 205 Å². The standard InChI is InChI=1S/C26H31ClN4O3/c1-5-30(25(33)18-34-17-19-11-7-6-8-12-19)16-24(32)28-23-15-22(26(2,3)4)29-31(23)21-14-10-9-13-20(21)27/h6-15H,5,16-18H2,1-4H3,(H,28,32). The average molecular weight is 483 g/mol. The number of nitrogens with one attached hydrogen (secondary N) is 1. The maximum absolute atomic E-state index is 12.9. The molecular weight excluding hydrogens is 452 g/mol. The van der Waals surface area contributed by atoms with Crippen LogP contribution in [0.3, 0.4) is 0 Å². The van der Waals surface area contributed by atoms with E-state index < -0.39 is 0 Å². The maximum atomic E-state index is 12.9. The number of carbonyl (C=O) groups is 2. The topological polar surface area (TPSA) is 76.5 Å².